The predicted molar refractivity (Wildman–Crippen MR) is 125 cm³/mol. The fourth-order valence-corrected chi connectivity index (χ4v) is 4.36. The highest BCUT2D eigenvalue weighted by molar-refractivity contribution is 7.47. The third kappa shape index (κ3) is 6.20. The molecule has 34 heavy (non-hydrogen) atoms. The highest BCUT2D eigenvalue weighted by atomic mass is 35.5. The number of rotatable bonds is 10. The largest absolute Gasteiger partial charge is 0.475 e. The van der Waals surface area contributed by atoms with Crippen molar-refractivity contribution >= 4 is 36.6 Å². The van der Waals surface area contributed by atoms with Gasteiger partial charge in [-0.3, -0.25) is 10.3 Å². The molecule has 0 amide bonds. The summed E-state index contributed by atoms with van der Waals surface area (Å²) in [5.74, 6) is 1.23. The summed E-state index contributed by atoms with van der Waals surface area (Å²) in [5.41, 5.74) is 8.36. The van der Waals surface area contributed by atoms with E-state index in [0.29, 0.717) is 35.9 Å². The number of phosphoric ester groups is 1. The van der Waals surface area contributed by atoms with E-state index in [1.54, 1.807) is 36.7 Å². The fraction of sp³-hybridized carbons (Fsp3) is 0.190. The molecule has 0 aromatic carbocycles. The van der Waals surface area contributed by atoms with Crippen LogP contribution in [-0.4, -0.2) is 22.1 Å². The van der Waals surface area contributed by atoms with Crippen LogP contribution in [0.25, 0.3) is 11.3 Å². The zero-order valence-corrected chi connectivity index (χ0v) is 20.4. The van der Waals surface area contributed by atoms with Gasteiger partial charge in [-0.1, -0.05) is 22.8 Å². The number of thiophene rings is 1. The Bertz CT molecular complexity index is 1310. The molecular weight excluding hydrogens is 503 g/mol. The number of hydrogen-bond donors (Lipinski definition) is 2. The van der Waals surface area contributed by atoms with Crippen molar-refractivity contribution in [2.45, 2.75) is 19.8 Å². The minimum Gasteiger partial charge on any atom is -0.472 e. The summed E-state index contributed by atoms with van der Waals surface area (Å²) in [5, 5.41) is 4.11. The predicted octanol–water partition coefficient (Wildman–Crippen LogP) is 4.21. The third-order valence-electron chi connectivity index (χ3n) is 4.70. The molecule has 13 heteroatoms. The van der Waals surface area contributed by atoms with Crippen molar-refractivity contribution in [3.05, 3.63) is 75.3 Å². The van der Waals surface area contributed by atoms with Crippen molar-refractivity contribution in [2.24, 2.45) is 0 Å². The molecular formula is C21H21ClN4O6PS+. The van der Waals surface area contributed by atoms with Crippen LogP contribution in [0.5, 0.6) is 5.88 Å². The Balaban J connectivity index is 1.39. The van der Waals surface area contributed by atoms with Crippen LogP contribution in [0.15, 0.2) is 59.4 Å². The van der Waals surface area contributed by atoms with Gasteiger partial charge in [-0.15, -0.1) is 11.3 Å². The molecule has 1 atom stereocenters. The van der Waals surface area contributed by atoms with Crippen LogP contribution in [0.4, 0.5) is 5.82 Å². The van der Waals surface area contributed by atoms with E-state index in [9.17, 15) is 9.46 Å². The lowest BCUT2D eigenvalue weighted by Crippen LogP contribution is -2.38. The first-order chi connectivity index (χ1) is 16.3. The molecule has 0 bridgehead atoms. The number of nitrogens with zero attached hydrogens (tertiary/aromatic N) is 3. The Kier molecular flexibility index (Phi) is 7.62. The van der Waals surface area contributed by atoms with Gasteiger partial charge >= 0.3 is 7.82 Å². The van der Waals surface area contributed by atoms with Crippen molar-refractivity contribution in [2.75, 3.05) is 12.8 Å². The van der Waals surface area contributed by atoms with Crippen LogP contribution >= 0.6 is 30.8 Å². The molecule has 3 N–H and O–H groups in total. The van der Waals surface area contributed by atoms with E-state index in [-0.39, 0.29) is 12.5 Å². The number of halogens is 1. The molecule has 0 radical (unpaired) electrons. The lowest BCUT2D eigenvalue weighted by Gasteiger charge is -2.09. The Labute approximate surface area is 204 Å². The highest BCUT2D eigenvalue weighted by Gasteiger charge is 2.22. The Morgan fingerprint density at radius 3 is 2.85 bits per heavy atom. The van der Waals surface area contributed by atoms with Crippen molar-refractivity contribution in [3.8, 4) is 17.2 Å². The van der Waals surface area contributed by atoms with E-state index < -0.39 is 7.82 Å². The number of hydrogen-bond acceptors (Lipinski definition) is 9. The summed E-state index contributed by atoms with van der Waals surface area (Å²) in [4.78, 5) is 14.8. The molecule has 4 aromatic heterocycles. The first kappa shape index (κ1) is 24.3. The van der Waals surface area contributed by atoms with Gasteiger partial charge in [0.2, 0.25) is 12.6 Å². The number of pyridine rings is 2. The number of anilines is 1. The van der Waals surface area contributed by atoms with E-state index >= 15 is 0 Å². The highest BCUT2D eigenvalue weighted by Crippen LogP contribution is 2.41. The molecule has 178 valence electrons. The van der Waals surface area contributed by atoms with Crippen LogP contribution < -0.4 is 15.0 Å². The van der Waals surface area contributed by atoms with E-state index in [1.807, 2.05) is 18.2 Å². The topological polar surface area (TPSA) is 134 Å². The average Bonchev–Trinajstić information content (AvgIpc) is 3.47. The van der Waals surface area contributed by atoms with Crippen LogP contribution in [0, 0.1) is 0 Å². The van der Waals surface area contributed by atoms with Crippen molar-refractivity contribution < 1.29 is 32.3 Å². The number of ether oxygens (including phenoxy) is 1. The Morgan fingerprint density at radius 1 is 1.29 bits per heavy atom. The molecule has 4 heterocycles. The Morgan fingerprint density at radius 2 is 2.15 bits per heavy atom. The SMILES string of the molecule is COP(=O)(O)OC[n+]1cccc(-c2cc(Cc3ccc(OCc4ccc(Cl)s4)nc3)no2)c1N. The summed E-state index contributed by atoms with van der Waals surface area (Å²) >= 11 is 7.40. The van der Waals surface area contributed by atoms with E-state index in [4.69, 9.17) is 31.1 Å². The summed E-state index contributed by atoms with van der Waals surface area (Å²) in [6, 6.07) is 12.7. The normalized spacial score (nSPS) is 13.0. The maximum absolute atomic E-state index is 11.5. The smallest absolute Gasteiger partial charge is 0.472 e. The molecule has 0 aliphatic heterocycles. The third-order valence-corrected chi connectivity index (χ3v) is 6.81. The van der Waals surface area contributed by atoms with Gasteiger partial charge in [-0.2, -0.15) is 0 Å². The summed E-state index contributed by atoms with van der Waals surface area (Å²) < 4.78 is 34.1. The molecule has 4 aromatic rings. The van der Waals surface area contributed by atoms with Gasteiger partial charge in [0.25, 0.3) is 5.82 Å². The molecule has 0 spiro atoms. The number of aromatic nitrogens is 3. The van der Waals surface area contributed by atoms with Crippen LogP contribution in [0.2, 0.25) is 4.34 Å². The lowest BCUT2D eigenvalue weighted by atomic mass is 10.1. The summed E-state index contributed by atoms with van der Waals surface area (Å²) in [7, 11) is -3.05. The van der Waals surface area contributed by atoms with Gasteiger partial charge in [-0.25, -0.2) is 18.6 Å². The maximum Gasteiger partial charge on any atom is 0.475 e. The molecule has 0 fully saturated rings. The van der Waals surface area contributed by atoms with Crippen LogP contribution in [-0.2, 0) is 33.4 Å². The monoisotopic (exact) mass is 523 g/mol. The van der Waals surface area contributed by atoms with Gasteiger partial charge in [0.15, 0.2) is 5.76 Å². The quantitative estimate of drug-likeness (QED) is 0.231. The van der Waals surface area contributed by atoms with Gasteiger partial charge < -0.3 is 14.2 Å². The number of phosphoric acid groups is 1. The number of nitrogen functional groups attached to an aromatic ring is 1. The second-order valence-corrected chi connectivity index (χ2v) is 10.4. The first-order valence-corrected chi connectivity index (χ1v) is 12.6. The van der Waals surface area contributed by atoms with Crippen molar-refractivity contribution in [1.29, 1.82) is 0 Å². The molecule has 10 nitrogen and oxygen atoms in total. The van der Waals surface area contributed by atoms with Gasteiger partial charge in [0, 0.05) is 36.7 Å². The van der Waals surface area contributed by atoms with Crippen LogP contribution in [0.3, 0.4) is 0 Å². The zero-order valence-electron chi connectivity index (χ0n) is 18.0. The molecule has 0 saturated carbocycles. The standard InChI is InChI=1S/C21H20ClN4O6PS/c1-29-33(27,28)31-13-26-8-2-3-17(21(26)23)18-10-15(25-32-18)9-14-4-7-20(24-11-14)30-12-16-5-6-19(22)34-16/h2-8,10-11,23H,9,12-13H2,1H3,(H,27,28)/p+1. The summed E-state index contributed by atoms with van der Waals surface area (Å²) in [6.07, 6.45) is 3.82. The minimum absolute atomic E-state index is 0.275. The molecule has 0 saturated heterocycles. The molecule has 0 aliphatic rings. The van der Waals surface area contributed by atoms with Gasteiger partial charge in [0.1, 0.15) is 12.2 Å². The number of nitrogens with two attached hydrogens (primary N) is 1. The fourth-order valence-electron chi connectivity index (χ4n) is 2.98. The zero-order chi connectivity index (χ0) is 24.1. The first-order valence-electron chi connectivity index (χ1n) is 9.92. The second kappa shape index (κ2) is 10.6. The van der Waals surface area contributed by atoms with E-state index in [0.717, 1.165) is 21.9 Å². The van der Waals surface area contributed by atoms with E-state index in [1.165, 1.54) is 15.9 Å². The van der Waals surface area contributed by atoms with Crippen LogP contribution in [0.1, 0.15) is 16.1 Å². The lowest BCUT2D eigenvalue weighted by molar-refractivity contribution is -0.711. The van der Waals surface area contributed by atoms with E-state index in [2.05, 4.69) is 14.7 Å². The Hall–Kier alpha value is -2.79. The second-order valence-electron chi connectivity index (χ2n) is 7.04. The summed E-state index contributed by atoms with van der Waals surface area (Å²) in [6.45, 7) is 0.128. The maximum atomic E-state index is 11.5. The van der Waals surface area contributed by atoms with Gasteiger partial charge in [0.05, 0.1) is 16.2 Å². The minimum atomic E-state index is -4.14. The molecule has 0 aliphatic carbocycles. The molecule has 1 unspecified atom stereocenters. The average molecular weight is 524 g/mol. The van der Waals surface area contributed by atoms with Gasteiger partial charge in [-0.05, 0) is 29.8 Å². The van der Waals surface area contributed by atoms with Crippen molar-refractivity contribution in [3.63, 3.8) is 0 Å². The molecule has 4 rings (SSSR count). The van der Waals surface area contributed by atoms with Crippen molar-refractivity contribution in [1.82, 2.24) is 10.1 Å².